The third kappa shape index (κ3) is 2.79. The fourth-order valence-corrected chi connectivity index (χ4v) is 1.71. The Morgan fingerprint density at radius 2 is 1.79 bits per heavy atom. The lowest BCUT2D eigenvalue weighted by Crippen LogP contribution is -2.21. The van der Waals surface area contributed by atoms with Crippen LogP contribution in [0.3, 0.4) is 0 Å². The van der Waals surface area contributed by atoms with Crippen molar-refractivity contribution in [1.82, 2.24) is 9.78 Å². The predicted molar refractivity (Wildman–Crippen MR) is 71.1 cm³/mol. The van der Waals surface area contributed by atoms with Crippen molar-refractivity contribution >= 4 is 17.5 Å². The summed E-state index contributed by atoms with van der Waals surface area (Å²) < 4.78 is 0.942. The van der Waals surface area contributed by atoms with E-state index in [1.54, 1.807) is 24.3 Å². The zero-order chi connectivity index (χ0) is 14.0. The zero-order valence-electron chi connectivity index (χ0n) is 10.6. The van der Waals surface area contributed by atoms with Gasteiger partial charge in [0.1, 0.15) is 0 Å². The van der Waals surface area contributed by atoms with E-state index in [0.717, 1.165) is 10.2 Å². The number of carbonyl (C=O) groups excluding carboxylic acids is 2. The summed E-state index contributed by atoms with van der Waals surface area (Å²) in [4.78, 5) is 33.6. The first-order valence-electron chi connectivity index (χ1n) is 5.68. The Labute approximate surface area is 109 Å². The zero-order valence-corrected chi connectivity index (χ0v) is 10.6. The van der Waals surface area contributed by atoms with Crippen molar-refractivity contribution in [2.75, 3.05) is 5.32 Å². The number of nitrogens with one attached hydrogen (secondary N) is 2. The van der Waals surface area contributed by atoms with Crippen molar-refractivity contribution in [2.24, 2.45) is 0 Å². The summed E-state index contributed by atoms with van der Waals surface area (Å²) in [6.45, 7) is 2.74. The lowest BCUT2D eigenvalue weighted by atomic mass is 10.1. The van der Waals surface area contributed by atoms with E-state index in [0.29, 0.717) is 11.4 Å². The number of carbonyl (C=O) groups is 2. The fourth-order valence-electron chi connectivity index (χ4n) is 1.71. The maximum absolute atomic E-state index is 11.5. The van der Waals surface area contributed by atoms with E-state index in [1.165, 1.54) is 19.9 Å². The Hall–Kier alpha value is -2.63. The Morgan fingerprint density at radius 3 is 2.26 bits per heavy atom. The highest BCUT2D eigenvalue weighted by Crippen LogP contribution is 2.18. The highest BCUT2D eigenvalue weighted by molar-refractivity contribution is 5.88. The van der Waals surface area contributed by atoms with Crippen LogP contribution in [0.4, 0.5) is 5.69 Å². The van der Waals surface area contributed by atoms with Gasteiger partial charge in [-0.25, -0.2) is 0 Å². The van der Waals surface area contributed by atoms with Crippen molar-refractivity contribution in [1.29, 1.82) is 0 Å². The van der Waals surface area contributed by atoms with Crippen LogP contribution in [0.15, 0.2) is 35.1 Å². The molecule has 6 nitrogen and oxygen atoms in total. The number of hydrogen-bond donors (Lipinski definition) is 2. The molecule has 2 aromatic rings. The van der Waals surface area contributed by atoms with E-state index in [4.69, 9.17) is 0 Å². The molecular weight excluding hydrogens is 246 g/mol. The molecule has 0 saturated heterocycles. The first-order chi connectivity index (χ1) is 8.97. The van der Waals surface area contributed by atoms with E-state index < -0.39 is 5.56 Å². The number of nitrogens with zero attached hydrogens (tertiary/aromatic N) is 1. The van der Waals surface area contributed by atoms with Gasteiger partial charge in [0.2, 0.25) is 11.8 Å². The number of benzene rings is 1. The second-order valence-electron chi connectivity index (χ2n) is 4.12. The Balaban J connectivity index is 2.32. The van der Waals surface area contributed by atoms with Gasteiger partial charge in [-0.05, 0) is 17.7 Å². The van der Waals surface area contributed by atoms with Crippen LogP contribution in [0.1, 0.15) is 18.6 Å². The summed E-state index contributed by atoms with van der Waals surface area (Å²) in [7, 11) is 0. The minimum absolute atomic E-state index is 0.149. The van der Waals surface area contributed by atoms with E-state index in [2.05, 4.69) is 10.4 Å². The third-order valence-electron chi connectivity index (χ3n) is 2.55. The van der Waals surface area contributed by atoms with Gasteiger partial charge in [0.25, 0.3) is 5.56 Å². The molecule has 6 heteroatoms. The van der Waals surface area contributed by atoms with Gasteiger partial charge in [-0.15, -0.1) is 0 Å². The van der Waals surface area contributed by atoms with E-state index in [9.17, 15) is 14.4 Å². The van der Waals surface area contributed by atoms with Crippen LogP contribution in [0.2, 0.25) is 0 Å². The monoisotopic (exact) mass is 259 g/mol. The van der Waals surface area contributed by atoms with Crippen LogP contribution < -0.4 is 10.9 Å². The first-order valence-corrected chi connectivity index (χ1v) is 5.68. The van der Waals surface area contributed by atoms with Gasteiger partial charge >= 0.3 is 0 Å². The lowest BCUT2D eigenvalue weighted by molar-refractivity contribution is -0.114. The quantitative estimate of drug-likeness (QED) is 0.856. The van der Waals surface area contributed by atoms with Gasteiger partial charge in [-0.3, -0.25) is 19.5 Å². The Morgan fingerprint density at radius 1 is 1.16 bits per heavy atom. The van der Waals surface area contributed by atoms with E-state index in [-0.39, 0.29) is 11.8 Å². The van der Waals surface area contributed by atoms with E-state index in [1.807, 2.05) is 0 Å². The molecule has 0 radical (unpaired) electrons. The maximum Gasteiger partial charge on any atom is 0.274 e. The molecule has 0 unspecified atom stereocenters. The molecule has 1 aromatic carbocycles. The van der Waals surface area contributed by atoms with Crippen molar-refractivity contribution < 1.29 is 9.59 Å². The minimum Gasteiger partial charge on any atom is -0.326 e. The van der Waals surface area contributed by atoms with Crippen LogP contribution in [0.5, 0.6) is 0 Å². The van der Waals surface area contributed by atoms with Crippen LogP contribution >= 0.6 is 0 Å². The van der Waals surface area contributed by atoms with Crippen molar-refractivity contribution in [3.8, 4) is 11.3 Å². The molecule has 0 aliphatic heterocycles. The average molecular weight is 259 g/mol. The van der Waals surface area contributed by atoms with Crippen molar-refractivity contribution in [3.05, 3.63) is 40.7 Å². The van der Waals surface area contributed by atoms with Crippen molar-refractivity contribution in [3.63, 3.8) is 0 Å². The summed E-state index contributed by atoms with van der Waals surface area (Å²) in [6.07, 6.45) is 0. The molecule has 0 atom stereocenters. The molecule has 2 rings (SSSR count). The Bertz CT molecular complexity index is 680. The second-order valence-corrected chi connectivity index (χ2v) is 4.12. The molecule has 0 saturated carbocycles. The average Bonchev–Trinajstić information content (AvgIpc) is 2.71. The molecular formula is C13H13N3O3. The van der Waals surface area contributed by atoms with Gasteiger partial charge < -0.3 is 5.32 Å². The number of H-pyrrole nitrogens is 1. The predicted octanol–water partition coefficient (Wildman–Crippen LogP) is 1.46. The third-order valence-corrected chi connectivity index (χ3v) is 2.55. The van der Waals surface area contributed by atoms with E-state index >= 15 is 0 Å². The minimum atomic E-state index is -0.395. The van der Waals surface area contributed by atoms with Crippen LogP contribution in [0, 0.1) is 0 Å². The van der Waals surface area contributed by atoms with Crippen molar-refractivity contribution in [2.45, 2.75) is 13.8 Å². The molecule has 0 aliphatic rings. The number of aromatic nitrogens is 2. The molecule has 0 fully saturated rings. The van der Waals surface area contributed by atoms with Gasteiger partial charge in [0.05, 0.1) is 5.69 Å². The number of amides is 1. The topological polar surface area (TPSA) is 84.0 Å². The molecule has 0 spiro atoms. The van der Waals surface area contributed by atoms with Gasteiger partial charge in [-0.2, -0.15) is 4.68 Å². The molecule has 0 aliphatic carbocycles. The summed E-state index contributed by atoms with van der Waals surface area (Å²) >= 11 is 0. The summed E-state index contributed by atoms with van der Waals surface area (Å²) in [5, 5.41) is 5.37. The first kappa shape index (κ1) is 12.8. The molecule has 0 bridgehead atoms. The number of hydrogen-bond acceptors (Lipinski definition) is 3. The highest BCUT2D eigenvalue weighted by Gasteiger charge is 2.08. The number of anilines is 1. The summed E-state index contributed by atoms with van der Waals surface area (Å²) in [5.41, 5.74) is 1.58. The lowest BCUT2D eigenvalue weighted by Gasteiger charge is -2.03. The normalized spacial score (nSPS) is 10.2. The number of aromatic amines is 1. The smallest absolute Gasteiger partial charge is 0.274 e. The molecule has 2 N–H and O–H groups in total. The Kier molecular flexibility index (Phi) is 3.33. The molecule has 98 valence electrons. The van der Waals surface area contributed by atoms with Crippen LogP contribution in [-0.4, -0.2) is 21.6 Å². The molecule has 1 aromatic heterocycles. The maximum atomic E-state index is 11.5. The SMILES string of the molecule is CC(=O)Nc1ccc(-c2cc(=O)n(C(C)=O)[nH]2)cc1. The molecule has 1 heterocycles. The fraction of sp³-hybridized carbons (Fsp3) is 0.154. The molecule has 1 amide bonds. The molecule has 19 heavy (non-hydrogen) atoms. The standard InChI is InChI=1S/C13H13N3O3/c1-8(17)14-11-5-3-10(4-6-11)12-7-13(19)16(15-12)9(2)18/h3-7,15H,1-2H3,(H,14,17). The summed E-state index contributed by atoms with van der Waals surface area (Å²) in [6, 6.07) is 8.30. The number of rotatable bonds is 2. The second kappa shape index (κ2) is 4.93. The summed E-state index contributed by atoms with van der Waals surface area (Å²) in [5.74, 6) is -0.519. The van der Waals surface area contributed by atoms with Gasteiger partial charge in [-0.1, -0.05) is 12.1 Å². The van der Waals surface area contributed by atoms with Gasteiger partial charge in [0, 0.05) is 25.6 Å². The largest absolute Gasteiger partial charge is 0.326 e. The van der Waals surface area contributed by atoms with Crippen LogP contribution in [0.25, 0.3) is 11.3 Å². The van der Waals surface area contributed by atoms with Crippen LogP contribution in [-0.2, 0) is 4.79 Å². The van der Waals surface area contributed by atoms with Gasteiger partial charge in [0.15, 0.2) is 0 Å². The highest BCUT2D eigenvalue weighted by atomic mass is 16.2.